The molecular weight excluding hydrogens is 386 g/mol. The maximum Gasteiger partial charge on any atom is 0.328 e. The van der Waals surface area contributed by atoms with Crippen LogP contribution < -0.4 is 5.32 Å². The van der Waals surface area contributed by atoms with Crippen molar-refractivity contribution in [3.63, 3.8) is 0 Å². The van der Waals surface area contributed by atoms with Crippen LogP contribution in [0.5, 0.6) is 0 Å². The summed E-state index contributed by atoms with van der Waals surface area (Å²) in [5.74, 6) is -2.40. The number of carboxylic acid groups (broad SMARTS) is 2. The smallest absolute Gasteiger partial charge is 0.328 e. The monoisotopic (exact) mass is 417 g/mol. The van der Waals surface area contributed by atoms with Gasteiger partial charge in [-0.05, 0) is 51.3 Å². The Morgan fingerprint density at radius 3 is 2.20 bits per heavy atom. The van der Waals surface area contributed by atoms with Gasteiger partial charge < -0.3 is 15.5 Å². The Bertz CT molecular complexity index is 782. The summed E-state index contributed by atoms with van der Waals surface area (Å²) in [6.45, 7) is 11.1. The Hall–Kier alpha value is -2.71. The summed E-state index contributed by atoms with van der Waals surface area (Å²) < 4.78 is 0. The zero-order valence-corrected chi connectivity index (χ0v) is 17.9. The number of carboxylic acids is 2. The van der Waals surface area contributed by atoms with Crippen LogP contribution in [-0.4, -0.2) is 76.6 Å². The minimum absolute atomic E-state index is 0.113. The lowest BCUT2D eigenvalue weighted by Gasteiger charge is -2.37. The largest absolute Gasteiger partial charge is 0.478 e. The highest BCUT2D eigenvalue weighted by Gasteiger charge is 2.31. The Balaban J connectivity index is 0.000000343. The highest BCUT2D eigenvalue weighted by Crippen LogP contribution is 2.23. The number of piperazine rings is 1. The van der Waals surface area contributed by atoms with E-state index in [0.29, 0.717) is 24.7 Å². The molecule has 0 saturated carbocycles. The van der Waals surface area contributed by atoms with E-state index in [1.54, 1.807) is 0 Å². The second-order valence-corrected chi connectivity index (χ2v) is 7.90. The van der Waals surface area contributed by atoms with Crippen molar-refractivity contribution < 1.29 is 24.6 Å². The van der Waals surface area contributed by atoms with Crippen molar-refractivity contribution in [1.82, 2.24) is 9.80 Å². The first-order valence-corrected chi connectivity index (χ1v) is 10.1. The number of amides is 1. The number of hydrogen-bond acceptors (Lipinski definition) is 5. The van der Waals surface area contributed by atoms with E-state index < -0.39 is 11.9 Å². The van der Waals surface area contributed by atoms with Gasteiger partial charge >= 0.3 is 11.9 Å². The molecule has 2 aliphatic rings. The summed E-state index contributed by atoms with van der Waals surface area (Å²) in [4.78, 5) is 36.4. The maximum absolute atomic E-state index is 12.4. The number of nitrogens with zero attached hydrogens (tertiary/aromatic N) is 2. The molecule has 0 spiro atoms. The van der Waals surface area contributed by atoms with Crippen LogP contribution in [0, 0.1) is 20.8 Å². The van der Waals surface area contributed by atoms with Gasteiger partial charge in [0.1, 0.15) is 0 Å². The molecule has 0 aromatic heterocycles. The number of aliphatic carboxylic acids is 2. The summed E-state index contributed by atoms with van der Waals surface area (Å²) in [5.41, 5.74) is 4.51. The van der Waals surface area contributed by atoms with E-state index in [2.05, 4.69) is 48.0 Å². The zero-order chi connectivity index (χ0) is 22.3. The van der Waals surface area contributed by atoms with Crippen molar-refractivity contribution in [3.8, 4) is 0 Å². The summed E-state index contributed by atoms with van der Waals surface area (Å²) >= 11 is 0. The molecule has 2 aliphatic heterocycles. The number of carbonyl (C=O) groups excluding carboxylic acids is 1. The van der Waals surface area contributed by atoms with Crippen molar-refractivity contribution >= 4 is 23.5 Å². The molecule has 2 heterocycles. The average molecular weight is 418 g/mol. The van der Waals surface area contributed by atoms with E-state index in [4.69, 9.17) is 10.2 Å². The number of carbonyl (C=O) groups is 3. The molecule has 1 aromatic rings. The molecule has 30 heavy (non-hydrogen) atoms. The van der Waals surface area contributed by atoms with E-state index in [0.717, 1.165) is 36.4 Å². The summed E-state index contributed by atoms with van der Waals surface area (Å²) in [6, 6.07) is 4.92. The van der Waals surface area contributed by atoms with Gasteiger partial charge in [-0.1, -0.05) is 17.7 Å². The molecular formula is C22H31N3O5. The van der Waals surface area contributed by atoms with Crippen LogP contribution in [0.3, 0.4) is 0 Å². The number of hydrogen-bond donors (Lipinski definition) is 3. The van der Waals surface area contributed by atoms with E-state index >= 15 is 0 Å². The van der Waals surface area contributed by atoms with Gasteiger partial charge in [0.05, 0.1) is 6.54 Å². The minimum Gasteiger partial charge on any atom is -0.478 e. The lowest BCUT2D eigenvalue weighted by Crippen LogP contribution is -2.51. The molecule has 2 saturated heterocycles. The Kier molecular flexibility index (Phi) is 8.56. The number of fused-ring (bicyclic) bond motifs is 1. The molecule has 8 nitrogen and oxygen atoms in total. The molecule has 3 N–H and O–H groups in total. The Morgan fingerprint density at radius 2 is 1.63 bits per heavy atom. The highest BCUT2D eigenvalue weighted by atomic mass is 16.4. The fraction of sp³-hybridized carbons (Fsp3) is 0.500. The number of aryl methyl sites for hydroxylation is 3. The maximum atomic E-state index is 12.4. The standard InChI is InChI=1S/C18H27N3O.C4H4O4/c1-13-9-14(2)18(15(3)10-13)19-17(22)12-20-7-8-21-6-4-5-16(21)11-20;5-3(6)1-2-4(7)8/h9-10,16H,4-8,11-12H2,1-3H3,(H,19,22);1-2H,(H,5,6)(H,7,8). The first kappa shape index (κ1) is 23.6. The fourth-order valence-corrected chi connectivity index (χ4v) is 4.10. The predicted octanol–water partition coefficient (Wildman–Crippen LogP) is 2.04. The number of anilines is 1. The van der Waals surface area contributed by atoms with Crippen LogP contribution >= 0.6 is 0 Å². The lowest BCUT2D eigenvalue weighted by atomic mass is 10.1. The van der Waals surface area contributed by atoms with E-state index in [1.165, 1.54) is 24.9 Å². The average Bonchev–Trinajstić information content (AvgIpc) is 3.11. The van der Waals surface area contributed by atoms with Crippen LogP contribution in [-0.2, 0) is 14.4 Å². The first-order valence-electron chi connectivity index (χ1n) is 10.1. The van der Waals surface area contributed by atoms with Crippen molar-refractivity contribution in [2.24, 2.45) is 0 Å². The third-order valence-corrected chi connectivity index (χ3v) is 5.35. The van der Waals surface area contributed by atoms with Crippen LogP contribution in [0.4, 0.5) is 5.69 Å². The number of rotatable bonds is 5. The molecule has 0 radical (unpaired) electrons. The molecule has 2 fully saturated rings. The van der Waals surface area contributed by atoms with Gasteiger partial charge in [-0.3, -0.25) is 14.6 Å². The van der Waals surface area contributed by atoms with Gasteiger partial charge in [0.2, 0.25) is 5.91 Å². The van der Waals surface area contributed by atoms with Crippen LogP contribution in [0.15, 0.2) is 24.3 Å². The van der Waals surface area contributed by atoms with Gasteiger partial charge in [-0.25, -0.2) is 9.59 Å². The quantitative estimate of drug-likeness (QED) is 0.629. The SMILES string of the molecule is Cc1cc(C)c(NC(=O)CN2CCN3CCCC3C2)c(C)c1.O=C(O)C=CC(=O)O. The van der Waals surface area contributed by atoms with Crippen molar-refractivity contribution in [2.75, 3.05) is 38.0 Å². The van der Waals surface area contributed by atoms with Crippen molar-refractivity contribution in [1.29, 1.82) is 0 Å². The van der Waals surface area contributed by atoms with Gasteiger partial charge in [-0.15, -0.1) is 0 Å². The number of nitrogens with one attached hydrogen (secondary N) is 1. The van der Waals surface area contributed by atoms with Crippen LogP contribution in [0.25, 0.3) is 0 Å². The summed E-state index contributed by atoms with van der Waals surface area (Å²) in [5, 5.41) is 18.7. The third kappa shape index (κ3) is 7.27. The second kappa shape index (κ2) is 10.9. The zero-order valence-electron chi connectivity index (χ0n) is 17.9. The number of benzene rings is 1. The highest BCUT2D eigenvalue weighted by molar-refractivity contribution is 5.93. The van der Waals surface area contributed by atoms with Crippen molar-refractivity contribution in [3.05, 3.63) is 41.0 Å². The van der Waals surface area contributed by atoms with Crippen molar-refractivity contribution in [2.45, 2.75) is 39.7 Å². The molecule has 164 valence electrons. The first-order chi connectivity index (χ1) is 14.2. The minimum atomic E-state index is -1.26. The Morgan fingerprint density at radius 1 is 1.03 bits per heavy atom. The molecule has 8 heteroatoms. The predicted molar refractivity (Wildman–Crippen MR) is 115 cm³/mol. The van der Waals surface area contributed by atoms with Gasteiger partial charge in [-0.2, -0.15) is 0 Å². The molecule has 0 aliphatic carbocycles. The van der Waals surface area contributed by atoms with Gasteiger partial charge in [0, 0.05) is 43.5 Å². The van der Waals surface area contributed by atoms with Crippen LogP contribution in [0.2, 0.25) is 0 Å². The fourth-order valence-electron chi connectivity index (χ4n) is 4.10. The summed E-state index contributed by atoms with van der Waals surface area (Å²) in [7, 11) is 0. The molecule has 0 bridgehead atoms. The normalized spacial score (nSPS) is 19.1. The second-order valence-electron chi connectivity index (χ2n) is 7.90. The van der Waals surface area contributed by atoms with E-state index in [1.807, 2.05) is 0 Å². The third-order valence-electron chi connectivity index (χ3n) is 5.35. The Labute approximate surface area is 177 Å². The van der Waals surface area contributed by atoms with Crippen LogP contribution in [0.1, 0.15) is 29.5 Å². The van der Waals surface area contributed by atoms with Gasteiger partial charge in [0.25, 0.3) is 0 Å². The molecule has 1 unspecified atom stereocenters. The molecule has 1 atom stereocenters. The van der Waals surface area contributed by atoms with E-state index in [-0.39, 0.29) is 5.91 Å². The molecule has 1 aromatic carbocycles. The lowest BCUT2D eigenvalue weighted by molar-refractivity contribution is -0.134. The summed E-state index contributed by atoms with van der Waals surface area (Å²) in [6.07, 6.45) is 3.71. The topological polar surface area (TPSA) is 110 Å². The van der Waals surface area contributed by atoms with Gasteiger partial charge in [0.15, 0.2) is 0 Å². The van der Waals surface area contributed by atoms with E-state index in [9.17, 15) is 14.4 Å². The molecule has 3 rings (SSSR count). The molecule has 1 amide bonds.